The lowest BCUT2D eigenvalue weighted by Crippen LogP contribution is -2.40. The molecule has 1 atom stereocenters. The van der Waals surface area contributed by atoms with E-state index in [1.165, 1.54) is 19.4 Å². The Hall–Kier alpha value is -0.570. The first-order chi connectivity index (χ1) is 7.56. The van der Waals surface area contributed by atoms with E-state index < -0.39 is 0 Å². The average molecular weight is 227 g/mol. The van der Waals surface area contributed by atoms with Gasteiger partial charge in [-0.3, -0.25) is 9.48 Å². The van der Waals surface area contributed by atoms with E-state index in [9.17, 15) is 0 Å². The van der Waals surface area contributed by atoms with Crippen LogP contribution in [0.1, 0.15) is 40.5 Å². The first kappa shape index (κ1) is 13.5. The van der Waals surface area contributed by atoms with Crippen molar-refractivity contribution < 1.29 is 9.31 Å². The zero-order chi connectivity index (χ0) is 12.1. The Kier molecular flexibility index (Phi) is 5.26. The maximum Gasteiger partial charge on any atom is 0.234 e. The predicted octanol–water partition coefficient (Wildman–Crippen LogP) is 1.95. The molecule has 1 fully saturated rings. The molecule has 0 aliphatic carbocycles. The van der Waals surface area contributed by atoms with Gasteiger partial charge in [0.25, 0.3) is 0 Å². The molecule has 1 saturated heterocycles. The Morgan fingerprint density at radius 1 is 1.31 bits per heavy atom. The third-order valence-electron chi connectivity index (χ3n) is 3.26. The van der Waals surface area contributed by atoms with Crippen molar-refractivity contribution in [3.05, 3.63) is 0 Å². The highest BCUT2D eigenvalue weighted by Crippen LogP contribution is 2.13. The first-order valence-electron chi connectivity index (χ1n) is 6.43. The third kappa shape index (κ3) is 3.48. The van der Waals surface area contributed by atoms with Crippen molar-refractivity contribution in [1.82, 2.24) is 4.90 Å². The molecule has 0 spiro atoms. The van der Waals surface area contributed by atoms with Crippen LogP contribution >= 0.6 is 0 Å². The van der Waals surface area contributed by atoms with Crippen molar-refractivity contribution in [1.29, 1.82) is 0 Å². The van der Waals surface area contributed by atoms with Crippen molar-refractivity contribution in [2.45, 2.75) is 58.7 Å². The van der Waals surface area contributed by atoms with E-state index in [4.69, 9.17) is 4.74 Å². The predicted molar refractivity (Wildman–Crippen MR) is 68.2 cm³/mol. The molecule has 0 aromatic heterocycles. The van der Waals surface area contributed by atoms with Gasteiger partial charge in [0.05, 0.1) is 25.2 Å². The summed E-state index contributed by atoms with van der Waals surface area (Å²) in [6.45, 7) is 11.0. The second-order valence-electron chi connectivity index (χ2n) is 5.24. The smallest absolute Gasteiger partial charge is 0.234 e. The fourth-order valence-corrected chi connectivity index (χ4v) is 2.42. The molecule has 0 unspecified atom stereocenters. The van der Waals surface area contributed by atoms with Gasteiger partial charge in [0.2, 0.25) is 6.34 Å². The summed E-state index contributed by atoms with van der Waals surface area (Å²) in [5, 5.41) is 0. The molecule has 0 amide bonds. The molecular formula is C13H27N2O+. The van der Waals surface area contributed by atoms with E-state index in [1.807, 2.05) is 0 Å². The number of nitrogens with zero attached hydrogens (tertiary/aromatic N) is 2. The van der Waals surface area contributed by atoms with Crippen molar-refractivity contribution >= 4 is 6.34 Å². The molecule has 0 radical (unpaired) electrons. The lowest BCUT2D eigenvalue weighted by Gasteiger charge is -2.23. The molecule has 0 N–H and O–H groups in total. The molecule has 0 aromatic carbocycles. The minimum Gasteiger partial charge on any atom is -0.380 e. The van der Waals surface area contributed by atoms with Gasteiger partial charge in [-0.25, -0.2) is 0 Å². The van der Waals surface area contributed by atoms with Crippen LogP contribution in [0.3, 0.4) is 0 Å². The highest BCUT2D eigenvalue weighted by atomic mass is 16.5. The normalized spacial score (nSPS) is 23.7. The number of methoxy groups -OCH3 is 1. The summed E-state index contributed by atoms with van der Waals surface area (Å²) in [7, 11) is 1.79. The van der Waals surface area contributed by atoms with E-state index in [-0.39, 0.29) is 0 Å². The Morgan fingerprint density at radius 2 is 1.94 bits per heavy atom. The molecule has 3 nitrogen and oxygen atoms in total. The fraction of sp³-hybridized carbons (Fsp3) is 0.923. The zero-order valence-electron chi connectivity index (χ0n) is 11.4. The van der Waals surface area contributed by atoms with Crippen LogP contribution in [-0.2, 0) is 4.74 Å². The topological polar surface area (TPSA) is 15.5 Å². The summed E-state index contributed by atoms with van der Waals surface area (Å²) >= 11 is 0. The van der Waals surface area contributed by atoms with Gasteiger partial charge in [-0.1, -0.05) is 0 Å². The molecule has 1 aliphatic rings. The van der Waals surface area contributed by atoms with Crippen molar-refractivity contribution in [2.75, 3.05) is 20.3 Å². The quantitative estimate of drug-likeness (QED) is 0.527. The number of ether oxygens (including phenoxy) is 1. The van der Waals surface area contributed by atoms with Gasteiger partial charge in [-0.05, 0) is 40.5 Å². The van der Waals surface area contributed by atoms with Crippen LogP contribution in [0.4, 0.5) is 0 Å². The molecule has 0 aromatic rings. The average Bonchev–Trinajstić information content (AvgIpc) is 2.61. The first-order valence-corrected chi connectivity index (χ1v) is 6.43. The van der Waals surface area contributed by atoms with Gasteiger partial charge in [-0.2, -0.15) is 0 Å². The van der Waals surface area contributed by atoms with Crippen molar-refractivity contribution in [2.24, 2.45) is 0 Å². The van der Waals surface area contributed by atoms with Gasteiger partial charge in [0, 0.05) is 7.11 Å². The number of rotatable bonds is 5. The summed E-state index contributed by atoms with van der Waals surface area (Å²) < 4.78 is 7.73. The van der Waals surface area contributed by atoms with Gasteiger partial charge < -0.3 is 4.74 Å². The van der Waals surface area contributed by atoms with Crippen LogP contribution in [0.2, 0.25) is 0 Å². The summed E-state index contributed by atoms with van der Waals surface area (Å²) in [5.74, 6) is 0. The van der Waals surface area contributed by atoms with Crippen molar-refractivity contribution in [3.8, 4) is 0 Å². The standard InChI is InChI=1S/C13H27N2O/c1-11(2)15(12(3)4)10-14-8-6-7-13(14)9-16-5/h10-13H,6-9H2,1-5H3/q+1/t13-/m1/s1. The highest BCUT2D eigenvalue weighted by Gasteiger charge is 2.26. The number of hydrogen-bond donors (Lipinski definition) is 0. The van der Waals surface area contributed by atoms with Crippen LogP contribution in [0.25, 0.3) is 0 Å². The molecule has 94 valence electrons. The lowest BCUT2D eigenvalue weighted by atomic mass is 10.2. The van der Waals surface area contributed by atoms with Crippen LogP contribution < -0.4 is 0 Å². The van der Waals surface area contributed by atoms with Crippen LogP contribution in [0, 0.1) is 0 Å². The summed E-state index contributed by atoms with van der Waals surface area (Å²) in [6.07, 6.45) is 4.86. The fourth-order valence-electron chi connectivity index (χ4n) is 2.42. The molecule has 16 heavy (non-hydrogen) atoms. The summed E-state index contributed by atoms with van der Waals surface area (Å²) in [6, 6.07) is 1.69. The van der Waals surface area contributed by atoms with E-state index in [0.717, 1.165) is 6.61 Å². The van der Waals surface area contributed by atoms with Gasteiger partial charge >= 0.3 is 0 Å². The van der Waals surface area contributed by atoms with Crippen molar-refractivity contribution in [3.63, 3.8) is 0 Å². The van der Waals surface area contributed by atoms with E-state index >= 15 is 0 Å². The Labute approximate surface area is 100 Å². The zero-order valence-corrected chi connectivity index (χ0v) is 11.4. The monoisotopic (exact) mass is 227 g/mol. The third-order valence-corrected chi connectivity index (χ3v) is 3.26. The van der Waals surface area contributed by atoms with Crippen LogP contribution in [0.5, 0.6) is 0 Å². The summed E-state index contributed by atoms with van der Waals surface area (Å²) in [4.78, 5) is 2.42. The minimum absolute atomic E-state index is 0.559. The maximum absolute atomic E-state index is 5.28. The largest absolute Gasteiger partial charge is 0.380 e. The van der Waals surface area contributed by atoms with E-state index in [2.05, 4.69) is 43.5 Å². The summed E-state index contributed by atoms with van der Waals surface area (Å²) in [5.41, 5.74) is 0. The Balaban J connectivity index is 2.71. The molecule has 1 aliphatic heterocycles. The molecule has 1 heterocycles. The van der Waals surface area contributed by atoms with Gasteiger partial charge in [-0.15, -0.1) is 0 Å². The molecule has 3 heteroatoms. The second kappa shape index (κ2) is 6.24. The lowest BCUT2D eigenvalue weighted by molar-refractivity contribution is -0.547. The molecule has 1 rings (SSSR count). The van der Waals surface area contributed by atoms with E-state index in [0.29, 0.717) is 18.1 Å². The maximum atomic E-state index is 5.28. The highest BCUT2D eigenvalue weighted by molar-refractivity contribution is 5.50. The molecule has 0 saturated carbocycles. The van der Waals surface area contributed by atoms with E-state index in [1.54, 1.807) is 7.11 Å². The molecular weight excluding hydrogens is 200 g/mol. The minimum atomic E-state index is 0.559. The Bertz CT molecular complexity index is 228. The SMILES string of the molecule is COC[C@H]1CCC[N+]1=CN(C(C)C)C(C)C. The second-order valence-corrected chi connectivity index (χ2v) is 5.24. The molecule has 0 bridgehead atoms. The van der Waals surface area contributed by atoms with Gasteiger partial charge in [0.15, 0.2) is 0 Å². The van der Waals surface area contributed by atoms with Crippen LogP contribution in [0.15, 0.2) is 0 Å². The van der Waals surface area contributed by atoms with Gasteiger partial charge in [0.1, 0.15) is 6.04 Å². The van der Waals surface area contributed by atoms with Crippen LogP contribution in [-0.4, -0.2) is 54.2 Å². The Morgan fingerprint density at radius 3 is 2.44 bits per heavy atom. The number of hydrogen-bond acceptors (Lipinski definition) is 1.